The molecule has 194 valence electrons. The van der Waals surface area contributed by atoms with Crippen LogP contribution in [0.25, 0.3) is 11.1 Å². The van der Waals surface area contributed by atoms with Gasteiger partial charge in [-0.3, -0.25) is 13.9 Å². The Hall–Kier alpha value is -3.33. The van der Waals surface area contributed by atoms with E-state index in [0.717, 1.165) is 21.3 Å². The van der Waals surface area contributed by atoms with Gasteiger partial charge in [-0.15, -0.1) is 0 Å². The third-order valence-corrected chi connectivity index (χ3v) is 6.19. The van der Waals surface area contributed by atoms with Crippen molar-refractivity contribution in [1.82, 2.24) is 14.5 Å². The summed E-state index contributed by atoms with van der Waals surface area (Å²) in [7, 11) is 3.03. The summed E-state index contributed by atoms with van der Waals surface area (Å²) in [6, 6.07) is 7.51. The zero-order valence-electron chi connectivity index (χ0n) is 21.4. The lowest BCUT2D eigenvalue weighted by molar-refractivity contribution is 0.292. The molecule has 1 N–H and O–H groups in total. The number of nitrogens with one attached hydrogen (secondary N) is 1. The molecule has 0 aliphatic heterocycles. The number of hydrogen-bond donors (Lipinski definition) is 1. The Morgan fingerprint density at radius 2 is 1.61 bits per heavy atom. The number of aromatic nitrogens is 2. The summed E-state index contributed by atoms with van der Waals surface area (Å²) >= 11 is 0. The lowest BCUT2D eigenvalue weighted by atomic mass is 9.88. The van der Waals surface area contributed by atoms with Crippen LogP contribution in [0.4, 0.5) is 13.2 Å². The molecule has 0 spiro atoms. The first-order valence-electron chi connectivity index (χ1n) is 11.7. The molecular weight excluding hydrogens is 471 g/mol. The first-order chi connectivity index (χ1) is 16.9. The molecular formula is C27H32F3N3O3. The molecule has 1 atom stereocenters. The van der Waals surface area contributed by atoms with Gasteiger partial charge in [-0.2, -0.15) is 0 Å². The van der Waals surface area contributed by atoms with Gasteiger partial charge in [0.15, 0.2) is 11.6 Å². The van der Waals surface area contributed by atoms with Crippen LogP contribution in [-0.4, -0.2) is 29.3 Å². The fraction of sp³-hybridized carbons (Fsp3) is 0.407. The number of hydrogen-bond acceptors (Lipinski definition) is 4. The van der Waals surface area contributed by atoms with Crippen molar-refractivity contribution >= 4 is 0 Å². The highest BCUT2D eigenvalue weighted by Gasteiger charge is 2.25. The normalized spacial score (nSPS) is 12.6. The number of halogens is 3. The molecule has 0 fully saturated rings. The monoisotopic (exact) mass is 503 g/mol. The van der Waals surface area contributed by atoms with Crippen LogP contribution in [0.5, 0.6) is 5.75 Å². The van der Waals surface area contributed by atoms with Crippen molar-refractivity contribution in [2.75, 3.05) is 14.2 Å². The van der Waals surface area contributed by atoms with Gasteiger partial charge in [0.2, 0.25) is 0 Å². The van der Waals surface area contributed by atoms with E-state index in [1.165, 1.54) is 38.3 Å². The highest BCUT2D eigenvalue weighted by molar-refractivity contribution is 5.67. The van der Waals surface area contributed by atoms with Crippen molar-refractivity contribution in [1.29, 1.82) is 0 Å². The van der Waals surface area contributed by atoms with Crippen molar-refractivity contribution in [3.63, 3.8) is 0 Å². The van der Waals surface area contributed by atoms with Gasteiger partial charge in [0, 0.05) is 29.4 Å². The number of methoxy groups -OCH3 is 1. The molecule has 36 heavy (non-hydrogen) atoms. The minimum absolute atomic E-state index is 0.00986. The second kappa shape index (κ2) is 10.7. The summed E-state index contributed by atoms with van der Waals surface area (Å²) in [5.74, 6) is -2.49. The molecule has 1 aromatic heterocycles. The SMILES string of the molecule is CN[C@@H](Cn1c(=O)c(-c2cccc(OC)c2F)c(C)n(Cc2c(F)cccc2F)c1=O)CC(C)(C)C. The summed E-state index contributed by atoms with van der Waals surface area (Å²) in [4.78, 5) is 27.3. The second-order valence-electron chi connectivity index (χ2n) is 10.0. The topological polar surface area (TPSA) is 65.3 Å². The minimum atomic E-state index is -0.825. The Morgan fingerprint density at radius 3 is 2.17 bits per heavy atom. The standard InChI is InChI=1S/C27H32F3N3O3/c1-16-23(18-9-7-12-22(36-6)24(18)30)25(34)33(14-17(31-5)13-27(2,3)4)26(35)32(16)15-19-20(28)10-8-11-21(19)29/h7-12,17,31H,13-15H2,1-6H3/t17-/m1/s1. The molecule has 0 saturated carbocycles. The van der Waals surface area contributed by atoms with Crippen LogP contribution < -0.4 is 21.3 Å². The Labute approximate surface area is 208 Å². The Kier molecular flexibility index (Phi) is 8.13. The summed E-state index contributed by atoms with van der Waals surface area (Å²) in [6.45, 7) is 7.09. The Balaban J connectivity index is 2.32. The van der Waals surface area contributed by atoms with E-state index in [4.69, 9.17) is 4.74 Å². The van der Waals surface area contributed by atoms with Gasteiger partial charge >= 0.3 is 5.69 Å². The Morgan fingerprint density at radius 1 is 1.00 bits per heavy atom. The highest BCUT2D eigenvalue weighted by atomic mass is 19.1. The Bertz CT molecular complexity index is 1350. The molecule has 0 radical (unpaired) electrons. The average molecular weight is 504 g/mol. The van der Waals surface area contributed by atoms with Crippen LogP contribution in [0.15, 0.2) is 46.0 Å². The highest BCUT2D eigenvalue weighted by Crippen LogP contribution is 2.29. The molecule has 0 unspecified atom stereocenters. The van der Waals surface area contributed by atoms with E-state index >= 15 is 4.39 Å². The lowest BCUT2D eigenvalue weighted by Gasteiger charge is -2.27. The number of likely N-dealkylation sites (N-methyl/N-ethyl adjacent to an activating group) is 1. The zero-order chi connectivity index (χ0) is 26.8. The fourth-order valence-electron chi connectivity index (χ4n) is 4.38. The van der Waals surface area contributed by atoms with Gasteiger partial charge < -0.3 is 10.1 Å². The molecule has 0 amide bonds. The third-order valence-electron chi connectivity index (χ3n) is 6.19. The van der Waals surface area contributed by atoms with Gasteiger partial charge in [-0.05, 0) is 44.0 Å². The minimum Gasteiger partial charge on any atom is -0.494 e. The van der Waals surface area contributed by atoms with E-state index in [-0.39, 0.29) is 46.1 Å². The van der Waals surface area contributed by atoms with Gasteiger partial charge in [-0.25, -0.2) is 18.0 Å². The van der Waals surface area contributed by atoms with E-state index in [1.54, 1.807) is 7.05 Å². The predicted molar refractivity (Wildman–Crippen MR) is 134 cm³/mol. The van der Waals surface area contributed by atoms with E-state index < -0.39 is 35.2 Å². The summed E-state index contributed by atoms with van der Waals surface area (Å²) in [5, 5.41) is 3.13. The zero-order valence-corrected chi connectivity index (χ0v) is 21.4. The van der Waals surface area contributed by atoms with Gasteiger partial charge in [-0.1, -0.05) is 39.0 Å². The average Bonchev–Trinajstić information content (AvgIpc) is 2.80. The second-order valence-corrected chi connectivity index (χ2v) is 10.0. The van der Waals surface area contributed by atoms with Crippen LogP contribution in [0.1, 0.15) is 38.4 Å². The summed E-state index contributed by atoms with van der Waals surface area (Å²) in [5.41, 5.74) is -1.92. The first kappa shape index (κ1) is 27.3. The largest absolute Gasteiger partial charge is 0.494 e. The molecule has 3 rings (SSSR count). The molecule has 0 aliphatic rings. The van der Waals surface area contributed by atoms with Crippen molar-refractivity contribution in [3.05, 3.63) is 85.9 Å². The molecule has 6 nitrogen and oxygen atoms in total. The fourth-order valence-corrected chi connectivity index (χ4v) is 4.38. The molecule has 9 heteroatoms. The van der Waals surface area contributed by atoms with E-state index in [0.29, 0.717) is 6.42 Å². The van der Waals surface area contributed by atoms with Crippen molar-refractivity contribution in [3.8, 4) is 16.9 Å². The molecule has 0 bridgehead atoms. The van der Waals surface area contributed by atoms with Crippen molar-refractivity contribution < 1.29 is 17.9 Å². The third kappa shape index (κ3) is 5.56. The predicted octanol–water partition coefficient (Wildman–Crippen LogP) is 4.48. The quantitative estimate of drug-likeness (QED) is 0.492. The maximum Gasteiger partial charge on any atom is 0.331 e. The van der Waals surface area contributed by atoms with E-state index in [2.05, 4.69) is 5.32 Å². The van der Waals surface area contributed by atoms with Crippen LogP contribution >= 0.6 is 0 Å². The van der Waals surface area contributed by atoms with E-state index in [1.807, 2.05) is 20.8 Å². The molecule has 3 aromatic rings. The molecule has 0 saturated heterocycles. The van der Waals surface area contributed by atoms with Gasteiger partial charge in [0.25, 0.3) is 5.56 Å². The van der Waals surface area contributed by atoms with Crippen molar-refractivity contribution in [2.45, 2.75) is 53.2 Å². The maximum absolute atomic E-state index is 15.3. The van der Waals surface area contributed by atoms with Crippen LogP contribution in [0, 0.1) is 29.8 Å². The molecule has 2 aromatic carbocycles. The van der Waals surface area contributed by atoms with Crippen LogP contribution in [-0.2, 0) is 13.1 Å². The summed E-state index contributed by atoms with van der Waals surface area (Å²) < 4.78 is 51.5. The maximum atomic E-state index is 15.3. The van der Waals surface area contributed by atoms with Crippen LogP contribution in [0.3, 0.4) is 0 Å². The van der Waals surface area contributed by atoms with Crippen LogP contribution in [0.2, 0.25) is 0 Å². The summed E-state index contributed by atoms with van der Waals surface area (Å²) in [6.07, 6.45) is 0.633. The molecule has 1 heterocycles. The first-order valence-corrected chi connectivity index (χ1v) is 11.7. The van der Waals surface area contributed by atoms with Gasteiger partial charge in [0.1, 0.15) is 11.6 Å². The number of benzene rings is 2. The number of ether oxygens (including phenoxy) is 1. The lowest BCUT2D eigenvalue weighted by Crippen LogP contribution is -2.47. The smallest absolute Gasteiger partial charge is 0.331 e. The van der Waals surface area contributed by atoms with Crippen molar-refractivity contribution in [2.24, 2.45) is 5.41 Å². The number of rotatable bonds is 8. The molecule has 0 aliphatic carbocycles. The van der Waals surface area contributed by atoms with Gasteiger partial charge in [0.05, 0.1) is 19.2 Å². The number of nitrogens with zero attached hydrogens (tertiary/aromatic N) is 2. The van der Waals surface area contributed by atoms with E-state index in [9.17, 15) is 18.4 Å².